The van der Waals surface area contributed by atoms with Crippen molar-refractivity contribution in [1.29, 1.82) is 0 Å². The number of benzene rings is 1. The molecule has 4 unspecified atom stereocenters. The average Bonchev–Trinajstić information content (AvgIpc) is 3.16. The minimum atomic E-state index is -0.683. The number of ether oxygens (including phenoxy) is 1. The summed E-state index contributed by atoms with van der Waals surface area (Å²) in [5.41, 5.74) is 2.44. The summed E-state index contributed by atoms with van der Waals surface area (Å²) in [6.45, 7) is 1.63. The molecular formula is C30H31NO6. The molecule has 1 aliphatic heterocycles. The predicted molar refractivity (Wildman–Crippen MR) is 135 cm³/mol. The van der Waals surface area contributed by atoms with Gasteiger partial charge in [0.15, 0.2) is 23.1 Å². The predicted octanol–water partition coefficient (Wildman–Crippen LogP) is 4.16. The number of Topliss-reactive ketones (excluding diaryl/α,β-unsaturated/α-hetero) is 1. The van der Waals surface area contributed by atoms with Crippen LogP contribution in [-0.2, 0) is 19.2 Å². The van der Waals surface area contributed by atoms with Gasteiger partial charge in [-0.3, -0.25) is 24.1 Å². The van der Waals surface area contributed by atoms with Crippen molar-refractivity contribution in [3.8, 4) is 11.5 Å². The van der Waals surface area contributed by atoms with E-state index in [1.54, 1.807) is 25.1 Å². The molecule has 1 heterocycles. The molecule has 5 aliphatic rings. The van der Waals surface area contributed by atoms with Crippen LogP contribution in [0, 0.1) is 17.8 Å². The first-order valence-corrected chi connectivity index (χ1v) is 13.3. The van der Waals surface area contributed by atoms with E-state index in [-0.39, 0.29) is 53.3 Å². The first-order valence-electron chi connectivity index (χ1n) is 13.3. The molecule has 1 saturated carbocycles. The molecule has 0 radical (unpaired) electrons. The summed E-state index contributed by atoms with van der Waals surface area (Å²) < 4.78 is 5.34. The van der Waals surface area contributed by atoms with Crippen LogP contribution in [-0.4, -0.2) is 46.5 Å². The number of phenols is 1. The number of allylic oxidation sites excluding steroid dienone is 6. The van der Waals surface area contributed by atoms with Crippen LogP contribution in [0.5, 0.6) is 11.5 Å². The lowest BCUT2D eigenvalue weighted by atomic mass is 9.59. The maximum absolute atomic E-state index is 13.9. The van der Waals surface area contributed by atoms with E-state index in [9.17, 15) is 24.3 Å². The van der Waals surface area contributed by atoms with E-state index < -0.39 is 17.8 Å². The van der Waals surface area contributed by atoms with Crippen molar-refractivity contribution in [2.45, 2.75) is 63.8 Å². The van der Waals surface area contributed by atoms with Gasteiger partial charge >= 0.3 is 0 Å². The Morgan fingerprint density at radius 3 is 2.49 bits per heavy atom. The summed E-state index contributed by atoms with van der Waals surface area (Å²) in [5, 5.41) is 11.1. The molecule has 7 nitrogen and oxygen atoms in total. The molecule has 0 bridgehead atoms. The molecule has 2 amide bonds. The highest BCUT2D eigenvalue weighted by atomic mass is 16.5. The van der Waals surface area contributed by atoms with Gasteiger partial charge in [-0.1, -0.05) is 43.0 Å². The topological polar surface area (TPSA) is 101 Å². The number of likely N-dealkylation sites (tertiary alicyclic amines) is 1. The molecule has 6 rings (SSSR count). The lowest BCUT2D eigenvalue weighted by Crippen LogP contribution is -2.43. The van der Waals surface area contributed by atoms with Crippen LogP contribution in [0.25, 0.3) is 0 Å². The Balaban J connectivity index is 1.48. The minimum absolute atomic E-state index is 0.0533. The van der Waals surface area contributed by atoms with Gasteiger partial charge in [-0.25, -0.2) is 0 Å². The van der Waals surface area contributed by atoms with Gasteiger partial charge < -0.3 is 9.84 Å². The Morgan fingerprint density at radius 1 is 1.00 bits per heavy atom. The molecule has 7 heteroatoms. The number of hydrogen-bond acceptors (Lipinski definition) is 6. The summed E-state index contributed by atoms with van der Waals surface area (Å²) in [4.78, 5) is 55.7. The second-order valence-electron chi connectivity index (χ2n) is 11.0. The quantitative estimate of drug-likeness (QED) is 0.379. The molecule has 1 N–H and O–H groups in total. The van der Waals surface area contributed by atoms with E-state index in [0.29, 0.717) is 28.7 Å². The Bertz CT molecular complexity index is 1330. The molecule has 4 aliphatic carbocycles. The van der Waals surface area contributed by atoms with Crippen LogP contribution in [0.2, 0.25) is 0 Å². The molecular weight excluding hydrogens is 470 g/mol. The largest absolute Gasteiger partial charge is 0.504 e. The molecule has 1 aromatic rings. The van der Waals surface area contributed by atoms with Gasteiger partial charge in [0.1, 0.15) is 0 Å². The molecule has 0 aromatic heterocycles. The zero-order chi connectivity index (χ0) is 26.0. The van der Waals surface area contributed by atoms with Crippen molar-refractivity contribution in [3.05, 3.63) is 58.2 Å². The highest BCUT2D eigenvalue weighted by Crippen LogP contribution is 2.57. The third-order valence-corrected chi connectivity index (χ3v) is 9.10. The van der Waals surface area contributed by atoms with E-state index in [0.717, 1.165) is 37.7 Å². The number of aromatic hydroxyl groups is 1. The lowest BCUT2D eigenvalue weighted by molar-refractivity contribution is -0.143. The monoisotopic (exact) mass is 501 g/mol. The van der Waals surface area contributed by atoms with Crippen molar-refractivity contribution in [3.63, 3.8) is 0 Å². The van der Waals surface area contributed by atoms with Crippen molar-refractivity contribution in [2.75, 3.05) is 7.11 Å². The molecule has 4 atom stereocenters. The molecule has 2 fully saturated rings. The number of carbonyl (C=O) groups excluding carboxylic acids is 4. The molecule has 37 heavy (non-hydrogen) atoms. The standard InChI is InChI=1S/C30H31NO6/c1-15-13-22(32)26-21(27(15)33)14-20-17(24(26)18-9-6-10-23(37-2)28(18)34)11-12-19-25(20)30(36)31(29(19)35)16-7-4-3-5-8-16/h6,9-11,13,16,19-20,24-25,34H,3-5,7-8,12,14H2,1-2H3. The van der Waals surface area contributed by atoms with Gasteiger partial charge in [-0.15, -0.1) is 0 Å². The first kappa shape index (κ1) is 23.9. The van der Waals surface area contributed by atoms with Crippen LogP contribution in [0.4, 0.5) is 0 Å². The van der Waals surface area contributed by atoms with Gasteiger partial charge in [0.2, 0.25) is 11.8 Å². The summed E-state index contributed by atoms with van der Waals surface area (Å²) in [6.07, 6.45) is 8.84. The fourth-order valence-corrected chi connectivity index (χ4v) is 7.40. The number of amides is 2. The number of para-hydroxylation sites is 1. The maximum Gasteiger partial charge on any atom is 0.233 e. The molecule has 1 saturated heterocycles. The van der Waals surface area contributed by atoms with Crippen molar-refractivity contribution in [2.24, 2.45) is 17.8 Å². The highest BCUT2D eigenvalue weighted by Gasteiger charge is 2.57. The Morgan fingerprint density at radius 2 is 1.76 bits per heavy atom. The van der Waals surface area contributed by atoms with Gasteiger partial charge in [-0.05, 0) is 50.7 Å². The number of methoxy groups -OCH3 is 1. The lowest BCUT2D eigenvalue weighted by Gasteiger charge is -2.42. The number of carbonyl (C=O) groups is 4. The van der Waals surface area contributed by atoms with Crippen molar-refractivity contribution < 1.29 is 29.0 Å². The van der Waals surface area contributed by atoms with Crippen LogP contribution in [0.3, 0.4) is 0 Å². The van der Waals surface area contributed by atoms with Crippen LogP contribution < -0.4 is 4.74 Å². The van der Waals surface area contributed by atoms with Gasteiger partial charge in [-0.2, -0.15) is 0 Å². The van der Waals surface area contributed by atoms with E-state index >= 15 is 0 Å². The third-order valence-electron chi connectivity index (χ3n) is 9.10. The fourth-order valence-electron chi connectivity index (χ4n) is 7.40. The van der Waals surface area contributed by atoms with Gasteiger partial charge in [0.05, 0.1) is 18.9 Å². The van der Waals surface area contributed by atoms with E-state index in [2.05, 4.69) is 0 Å². The Kier molecular flexibility index (Phi) is 5.70. The second kappa shape index (κ2) is 8.82. The zero-order valence-electron chi connectivity index (χ0n) is 21.2. The molecule has 192 valence electrons. The van der Waals surface area contributed by atoms with Crippen LogP contribution in [0.15, 0.2) is 52.6 Å². The summed E-state index contributed by atoms with van der Waals surface area (Å²) in [6, 6.07) is 5.07. The molecule has 0 spiro atoms. The first-order chi connectivity index (χ1) is 17.8. The minimum Gasteiger partial charge on any atom is -0.504 e. The van der Waals surface area contributed by atoms with Crippen LogP contribution in [0.1, 0.15) is 63.4 Å². The SMILES string of the molecule is COc1cccc(C2C3=CCC4C(=O)N(C5CCCCC5)C(=O)C4C3CC3=C2C(=O)C=C(C)C3=O)c1O. The van der Waals surface area contributed by atoms with Gasteiger partial charge in [0, 0.05) is 34.2 Å². The summed E-state index contributed by atoms with van der Waals surface area (Å²) in [7, 11) is 1.46. The van der Waals surface area contributed by atoms with Gasteiger partial charge in [0.25, 0.3) is 0 Å². The average molecular weight is 502 g/mol. The van der Waals surface area contributed by atoms with Crippen LogP contribution >= 0.6 is 0 Å². The Labute approximate surface area is 215 Å². The number of phenolic OH excluding ortho intramolecular Hbond substituents is 1. The summed E-state index contributed by atoms with van der Waals surface area (Å²) in [5.74, 6) is -2.59. The number of fused-ring (bicyclic) bond motifs is 3. The normalized spacial score (nSPS) is 30.1. The van der Waals surface area contributed by atoms with Crippen molar-refractivity contribution in [1.82, 2.24) is 4.90 Å². The zero-order valence-corrected chi connectivity index (χ0v) is 21.2. The third kappa shape index (κ3) is 3.46. The number of nitrogens with zero attached hydrogens (tertiary/aromatic N) is 1. The smallest absolute Gasteiger partial charge is 0.233 e. The van der Waals surface area contributed by atoms with E-state index in [1.165, 1.54) is 18.1 Å². The number of hydrogen-bond donors (Lipinski definition) is 1. The maximum atomic E-state index is 13.9. The number of rotatable bonds is 3. The van der Waals surface area contributed by atoms with Crippen molar-refractivity contribution >= 4 is 23.4 Å². The fraction of sp³-hybridized carbons (Fsp3) is 0.467. The van der Waals surface area contributed by atoms with E-state index in [4.69, 9.17) is 4.74 Å². The Hall–Kier alpha value is -3.48. The number of imide groups is 1. The number of ketones is 2. The molecule has 1 aromatic carbocycles. The second-order valence-corrected chi connectivity index (χ2v) is 11.0. The van der Waals surface area contributed by atoms with E-state index in [1.807, 2.05) is 6.08 Å². The summed E-state index contributed by atoms with van der Waals surface area (Å²) >= 11 is 0. The highest BCUT2D eigenvalue weighted by molar-refractivity contribution is 6.23.